The molecule has 5 heteroatoms. The molecule has 0 radical (unpaired) electrons. The van der Waals surface area contributed by atoms with Crippen molar-refractivity contribution in [2.45, 2.75) is 12.5 Å². The Kier molecular flexibility index (Phi) is 4.08. The molecule has 16 heavy (non-hydrogen) atoms. The molecule has 0 fully saturated rings. The van der Waals surface area contributed by atoms with Gasteiger partial charge in [-0.3, -0.25) is 0 Å². The number of thiophene rings is 1. The Labute approximate surface area is 112 Å². The second kappa shape index (κ2) is 5.36. The van der Waals surface area contributed by atoms with Crippen LogP contribution >= 0.6 is 38.9 Å². The Bertz CT molecular complexity index is 468. The van der Waals surface area contributed by atoms with E-state index in [1.54, 1.807) is 17.4 Å². The summed E-state index contributed by atoms with van der Waals surface area (Å²) >= 11 is 11.0. The van der Waals surface area contributed by atoms with Gasteiger partial charge in [-0.15, -0.1) is 11.3 Å². The third-order valence-corrected chi connectivity index (χ3v) is 4.24. The standard InChI is InChI=1S/C11H11BrClNOS/c1-14-9(10-2-3-11(13)15-10)5-8-4-7(12)6-16-8/h2-4,6,9,14H,5H2,1H3. The highest BCUT2D eigenvalue weighted by molar-refractivity contribution is 9.10. The lowest BCUT2D eigenvalue weighted by Crippen LogP contribution is -2.17. The summed E-state index contributed by atoms with van der Waals surface area (Å²) in [7, 11) is 1.92. The lowest BCUT2D eigenvalue weighted by Gasteiger charge is -2.11. The van der Waals surface area contributed by atoms with Crippen molar-refractivity contribution in [1.29, 1.82) is 0 Å². The number of furan rings is 1. The monoisotopic (exact) mass is 319 g/mol. The molecule has 0 aliphatic rings. The largest absolute Gasteiger partial charge is 0.448 e. The van der Waals surface area contributed by atoms with Crippen LogP contribution in [-0.4, -0.2) is 7.05 Å². The summed E-state index contributed by atoms with van der Waals surface area (Å²) in [5.41, 5.74) is 0. The molecule has 0 amide bonds. The van der Waals surface area contributed by atoms with E-state index < -0.39 is 0 Å². The maximum Gasteiger partial charge on any atom is 0.193 e. The van der Waals surface area contributed by atoms with Gasteiger partial charge in [-0.05, 0) is 52.8 Å². The van der Waals surface area contributed by atoms with Crippen LogP contribution in [0.25, 0.3) is 0 Å². The second-order valence-electron chi connectivity index (χ2n) is 3.42. The molecule has 0 spiro atoms. The van der Waals surface area contributed by atoms with Crippen LogP contribution in [0.4, 0.5) is 0 Å². The lowest BCUT2D eigenvalue weighted by molar-refractivity contribution is 0.432. The van der Waals surface area contributed by atoms with Crippen molar-refractivity contribution in [2.24, 2.45) is 0 Å². The highest BCUT2D eigenvalue weighted by Gasteiger charge is 2.15. The highest BCUT2D eigenvalue weighted by atomic mass is 79.9. The summed E-state index contributed by atoms with van der Waals surface area (Å²) in [5.74, 6) is 0.872. The fourth-order valence-electron chi connectivity index (χ4n) is 1.52. The van der Waals surface area contributed by atoms with Crippen LogP contribution in [0.2, 0.25) is 5.22 Å². The summed E-state index contributed by atoms with van der Waals surface area (Å²) in [6, 6.07) is 5.97. The SMILES string of the molecule is CNC(Cc1cc(Br)cs1)c1ccc(Cl)o1. The van der Waals surface area contributed by atoms with E-state index in [9.17, 15) is 0 Å². The smallest absolute Gasteiger partial charge is 0.193 e. The summed E-state index contributed by atoms with van der Waals surface area (Å²) in [5, 5.41) is 5.74. The van der Waals surface area contributed by atoms with Gasteiger partial charge in [0.1, 0.15) is 5.76 Å². The quantitative estimate of drug-likeness (QED) is 0.910. The first kappa shape index (κ1) is 12.2. The van der Waals surface area contributed by atoms with E-state index in [1.807, 2.05) is 13.1 Å². The normalized spacial score (nSPS) is 12.9. The van der Waals surface area contributed by atoms with Gasteiger partial charge in [-0.25, -0.2) is 0 Å². The zero-order valence-corrected chi connectivity index (χ0v) is 11.8. The maximum atomic E-state index is 5.77. The van der Waals surface area contributed by atoms with E-state index in [0.29, 0.717) is 5.22 Å². The lowest BCUT2D eigenvalue weighted by atomic mass is 10.1. The van der Waals surface area contributed by atoms with Gasteiger partial charge in [0.2, 0.25) is 0 Å². The first-order valence-electron chi connectivity index (χ1n) is 4.84. The number of halogens is 2. The summed E-state index contributed by atoms with van der Waals surface area (Å²) in [4.78, 5) is 1.30. The molecule has 0 saturated carbocycles. The van der Waals surface area contributed by atoms with Crippen molar-refractivity contribution in [1.82, 2.24) is 5.32 Å². The van der Waals surface area contributed by atoms with Gasteiger partial charge in [0.05, 0.1) is 6.04 Å². The van der Waals surface area contributed by atoms with Crippen molar-refractivity contribution in [3.05, 3.63) is 43.9 Å². The molecule has 0 aliphatic heterocycles. The van der Waals surface area contributed by atoms with Gasteiger partial charge in [0.25, 0.3) is 0 Å². The Morgan fingerprint density at radius 3 is 2.88 bits per heavy atom. The highest BCUT2D eigenvalue weighted by Crippen LogP contribution is 2.27. The molecule has 0 bridgehead atoms. The minimum atomic E-state index is 0.165. The van der Waals surface area contributed by atoms with Gasteiger partial charge in [-0.1, -0.05) is 0 Å². The Morgan fingerprint density at radius 1 is 1.56 bits per heavy atom. The molecular formula is C11H11BrClNOS. The molecule has 0 aromatic carbocycles. The molecule has 86 valence electrons. The number of hydrogen-bond donors (Lipinski definition) is 1. The first-order chi connectivity index (χ1) is 7.69. The van der Waals surface area contributed by atoms with Crippen molar-refractivity contribution in [3.8, 4) is 0 Å². The zero-order chi connectivity index (χ0) is 11.5. The number of nitrogens with one attached hydrogen (secondary N) is 1. The van der Waals surface area contributed by atoms with Crippen LogP contribution in [0.5, 0.6) is 0 Å². The number of hydrogen-bond acceptors (Lipinski definition) is 3. The summed E-state index contributed by atoms with van der Waals surface area (Å²) < 4.78 is 6.54. The molecule has 1 atom stereocenters. The molecule has 2 heterocycles. The number of likely N-dealkylation sites (N-methyl/N-ethyl adjacent to an activating group) is 1. The third kappa shape index (κ3) is 2.88. The van der Waals surface area contributed by atoms with Gasteiger partial charge in [0.15, 0.2) is 5.22 Å². The molecule has 0 saturated heterocycles. The number of rotatable bonds is 4. The molecule has 0 aliphatic carbocycles. The minimum Gasteiger partial charge on any atom is -0.448 e. The van der Waals surface area contributed by atoms with E-state index in [-0.39, 0.29) is 6.04 Å². The van der Waals surface area contributed by atoms with E-state index in [4.69, 9.17) is 16.0 Å². The van der Waals surface area contributed by atoms with Crippen LogP contribution in [0.1, 0.15) is 16.7 Å². The summed E-state index contributed by atoms with van der Waals surface area (Å²) in [6.45, 7) is 0. The van der Waals surface area contributed by atoms with Gasteiger partial charge >= 0.3 is 0 Å². The Hall–Kier alpha value is -0.290. The fraction of sp³-hybridized carbons (Fsp3) is 0.273. The van der Waals surface area contributed by atoms with Crippen LogP contribution in [-0.2, 0) is 6.42 Å². The first-order valence-corrected chi connectivity index (χ1v) is 6.89. The topological polar surface area (TPSA) is 25.2 Å². The molecule has 1 N–H and O–H groups in total. The average molecular weight is 321 g/mol. The van der Waals surface area contributed by atoms with Crippen molar-refractivity contribution in [3.63, 3.8) is 0 Å². The van der Waals surface area contributed by atoms with Crippen LogP contribution < -0.4 is 5.32 Å². The van der Waals surface area contributed by atoms with Crippen LogP contribution in [0.3, 0.4) is 0 Å². The van der Waals surface area contributed by atoms with Gasteiger partial charge in [-0.2, -0.15) is 0 Å². The predicted octanol–water partition coefficient (Wildman–Crippen LogP) is 4.26. The van der Waals surface area contributed by atoms with E-state index >= 15 is 0 Å². The van der Waals surface area contributed by atoms with E-state index in [1.165, 1.54) is 4.88 Å². The van der Waals surface area contributed by atoms with Gasteiger partial charge < -0.3 is 9.73 Å². The van der Waals surface area contributed by atoms with Crippen molar-refractivity contribution < 1.29 is 4.42 Å². The molecule has 1 unspecified atom stereocenters. The molecule has 2 aromatic heterocycles. The Morgan fingerprint density at radius 2 is 2.38 bits per heavy atom. The average Bonchev–Trinajstić information content (AvgIpc) is 2.84. The van der Waals surface area contributed by atoms with E-state index in [2.05, 4.69) is 32.7 Å². The minimum absolute atomic E-state index is 0.165. The Balaban J connectivity index is 2.12. The zero-order valence-electron chi connectivity index (χ0n) is 8.67. The second-order valence-corrected chi connectivity index (χ2v) is 5.70. The van der Waals surface area contributed by atoms with Crippen LogP contribution in [0.15, 0.2) is 32.5 Å². The third-order valence-electron chi connectivity index (χ3n) is 2.31. The molecule has 2 nitrogen and oxygen atoms in total. The summed E-state index contributed by atoms with van der Waals surface area (Å²) in [6.07, 6.45) is 0.899. The van der Waals surface area contributed by atoms with Crippen LogP contribution in [0, 0.1) is 0 Å². The van der Waals surface area contributed by atoms with Gasteiger partial charge in [0, 0.05) is 21.2 Å². The molecule has 2 aromatic rings. The fourth-order valence-corrected chi connectivity index (χ4v) is 3.17. The maximum absolute atomic E-state index is 5.77. The van der Waals surface area contributed by atoms with Crippen molar-refractivity contribution >= 4 is 38.9 Å². The molecule has 2 rings (SSSR count). The molecular weight excluding hydrogens is 310 g/mol. The van der Waals surface area contributed by atoms with Crippen molar-refractivity contribution in [2.75, 3.05) is 7.05 Å². The van der Waals surface area contributed by atoms with E-state index in [0.717, 1.165) is 16.7 Å². The predicted molar refractivity (Wildman–Crippen MR) is 71.2 cm³/mol.